The van der Waals surface area contributed by atoms with Crippen molar-refractivity contribution in [2.45, 2.75) is 19.4 Å². The van der Waals surface area contributed by atoms with Crippen LogP contribution in [0.4, 0.5) is 0 Å². The highest BCUT2D eigenvalue weighted by molar-refractivity contribution is 4.93. The molecule has 0 aromatic rings. The van der Waals surface area contributed by atoms with Gasteiger partial charge in [0.25, 0.3) is 0 Å². The normalized spacial score (nSPS) is 25.1. The molecule has 3 nitrogen and oxygen atoms in total. The van der Waals surface area contributed by atoms with E-state index >= 15 is 0 Å². The third-order valence-electron chi connectivity index (χ3n) is 2.54. The van der Waals surface area contributed by atoms with E-state index in [4.69, 9.17) is 5.73 Å². The molecule has 0 bridgehead atoms. The van der Waals surface area contributed by atoms with Crippen LogP contribution in [-0.2, 0) is 0 Å². The molecule has 1 aliphatic heterocycles. The van der Waals surface area contributed by atoms with Crippen molar-refractivity contribution in [3.05, 3.63) is 0 Å². The van der Waals surface area contributed by atoms with Gasteiger partial charge in [0.2, 0.25) is 0 Å². The molecule has 0 aliphatic carbocycles. The monoisotopic (exact) mass is 157 g/mol. The molecule has 11 heavy (non-hydrogen) atoms. The fourth-order valence-electron chi connectivity index (χ4n) is 1.29. The summed E-state index contributed by atoms with van der Waals surface area (Å²) in [7, 11) is 0. The Morgan fingerprint density at radius 3 is 2.00 bits per heavy atom. The van der Waals surface area contributed by atoms with Gasteiger partial charge in [0, 0.05) is 31.7 Å². The molecule has 4 N–H and O–H groups in total. The molecule has 0 saturated carbocycles. The summed E-state index contributed by atoms with van der Waals surface area (Å²) in [4.78, 5) is 0. The molecule has 1 rings (SSSR count). The van der Waals surface area contributed by atoms with Crippen LogP contribution in [0.15, 0.2) is 0 Å². The van der Waals surface area contributed by atoms with Gasteiger partial charge in [0.1, 0.15) is 0 Å². The van der Waals surface area contributed by atoms with E-state index in [-0.39, 0.29) is 5.54 Å². The summed E-state index contributed by atoms with van der Waals surface area (Å²) in [5.41, 5.74) is 6.12. The quantitative estimate of drug-likeness (QED) is 0.482. The molecule has 0 radical (unpaired) electrons. The van der Waals surface area contributed by atoms with Crippen molar-refractivity contribution in [3.63, 3.8) is 0 Å². The number of hydrogen-bond donors (Lipinski definition) is 3. The van der Waals surface area contributed by atoms with E-state index in [0.717, 1.165) is 26.2 Å². The Bertz CT molecular complexity index is 115. The molecule has 0 atom stereocenters. The summed E-state index contributed by atoms with van der Waals surface area (Å²) in [6, 6.07) is 0. The minimum Gasteiger partial charge on any atom is -0.323 e. The van der Waals surface area contributed by atoms with Crippen molar-refractivity contribution in [2.75, 3.05) is 26.2 Å². The SMILES string of the molecule is CC(C)C1(N)CNCCNC1. The summed E-state index contributed by atoms with van der Waals surface area (Å²) in [6.45, 7) is 8.27. The summed E-state index contributed by atoms with van der Waals surface area (Å²) < 4.78 is 0. The maximum atomic E-state index is 6.18. The first-order chi connectivity index (χ1) is 5.15. The summed E-state index contributed by atoms with van der Waals surface area (Å²) in [6.07, 6.45) is 0. The largest absolute Gasteiger partial charge is 0.323 e. The molecule has 0 aromatic carbocycles. The van der Waals surface area contributed by atoms with Crippen LogP contribution in [-0.4, -0.2) is 31.7 Å². The maximum Gasteiger partial charge on any atom is 0.0430 e. The molecular formula is C8H19N3. The zero-order valence-corrected chi connectivity index (χ0v) is 7.48. The Morgan fingerprint density at radius 2 is 1.64 bits per heavy atom. The highest BCUT2D eigenvalue weighted by Crippen LogP contribution is 2.12. The van der Waals surface area contributed by atoms with Gasteiger partial charge in [0.15, 0.2) is 0 Å². The standard InChI is InChI=1S/C8H19N3/c1-7(2)8(9)5-10-3-4-11-6-8/h7,10-11H,3-6,9H2,1-2H3. The smallest absolute Gasteiger partial charge is 0.0430 e. The molecule has 0 spiro atoms. The molecule has 0 unspecified atom stereocenters. The Hall–Kier alpha value is -0.120. The van der Waals surface area contributed by atoms with Crippen molar-refractivity contribution >= 4 is 0 Å². The van der Waals surface area contributed by atoms with E-state index < -0.39 is 0 Å². The van der Waals surface area contributed by atoms with Crippen LogP contribution in [0, 0.1) is 5.92 Å². The molecule has 0 aromatic heterocycles. The molecular weight excluding hydrogens is 138 g/mol. The lowest BCUT2D eigenvalue weighted by molar-refractivity contribution is 0.304. The van der Waals surface area contributed by atoms with Gasteiger partial charge < -0.3 is 16.4 Å². The van der Waals surface area contributed by atoms with Gasteiger partial charge in [-0.2, -0.15) is 0 Å². The van der Waals surface area contributed by atoms with Gasteiger partial charge in [-0.3, -0.25) is 0 Å². The number of hydrogen-bond acceptors (Lipinski definition) is 3. The first-order valence-corrected chi connectivity index (χ1v) is 4.35. The lowest BCUT2D eigenvalue weighted by atomic mass is 9.87. The molecule has 1 saturated heterocycles. The van der Waals surface area contributed by atoms with E-state index in [0.29, 0.717) is 5.92 Å². The number of nitrogens with two attached hydrogens (primary N) is 1. The van der Waals surface area contributed by atoms with E-state index in [1.807, 2.05) is 0 Å². The fourth-order valence-corrected chi connectivity index (χ4v) is 1.29. The third-order valence-corrected chi connectivity index (χ3v) is 2.54. The van der Waals surface area contributed by atoms with Crippen LogP contribution in [0.5, 0.6) is 0 Å². The average Bonchev–Trinajstić information content (AvgIpc) is 2.15. The molecule has 66 valence electrons. The van der Waals surface area contributed by atoms with E-state index in [1.165, 1.54) is 0 Å². The Kier molecular flexibility index (Phi) is 2.87. The number of nitrogens with one attached hydrogen (secondary N) is 2. The van der Waals surface area contributed by atoms with Crippen LogP contribution < -0.4 is 16.4 Å². The predicted molar refractivity (Wildman–Crippen MR) is 47.5 cm³/mol. The fraction of sp³-hybridized carbons (Fsp3) is 1.00. The van der Waals surface area contributed by atoms with Crippen molar-refractivity contribution in [3.8, 4) is 0 Å². The Morgan fingerprint density at radius 1 is 1.18 bits per heavy atom. The van der Waals surface area contributed by atoms with Crippen LogP contribution in [0.3, 0.4) is 0 Å². The average molecular weight is 157 g/mol. The van der Waals surface area contributed by atoms with Crippen LogP contribution in [0.25, 0.3) is 0 Å². The van der Waals surface area contributed by atoms with Crippen LogP contribution in [0.2, 0.25) is 0 Å². The summed E-state index contributed by atoms with van der Waals surface area (Å²) >= 11 is 0. The highest BCUT2D eigenvalue weighted by atomic mass is 15.1. The van der Waals surface area contributed by atoms with Crippen LogP contribution >= 0.6 is 0 Å². The topological polar surface area (TPSA) is 50.1 Å². The molecule has 1 heterocycles. The van der Waals surface area contributed by atoms with E-state index in [9.17, 15) is 0 Å². The van der Waals surface area contributed by atoms with Gasteiger partial charge in [-0.1, -0.05) is 13.8 Å². The third kappa shape index (κ3) is 2.15. The van der Waals surface area contributed by atoms with Crippen LogP contribution in [0.1, 0.15) is 13.8 Å². The van der Waals surface area contributed by atoms with Crippen molar-refractivity contribution < 1.29 is 0 Å². The summed E-state index contributed by atoms with van der Waals surface area (Å²) in [5.74, 6) is 0.528. The zero-order valence-electron chi connectivity index (χ0n) is 7.48. The van der Waals surface area contributed by atoms with E-state index in [2.05, 4.69) is 24.5 Å². The summed E-state index contributed by atoms with van der Waals surface area (Å²) in [5, 5.41) is 6.66. The van der Waals surface area contributed by atoms with Crippen molar-refractivity contribution in [1.82, 2.24) is 10.6 Å². The minimum absolute atomic E-state index is 0.0590. The van der Waals surface area contributed by atoms with Gasteiger partial charge in [-0.15, -0.1) is 0 Å². The Labute approximate surface area is 68.7 Å². The Balaban J connectivity index is 2.52. The maximum absolute atomic E-state index is 6.18. The second-order valence-electron chi connectivity index (χ2n) is 3.74. The second kappa shape index (κ2) is 3.52. The minimum atomic E-state index is -0.0590. The molecule has 3 heteroatoms. The van der Waals surface area contributed by atoms with E-state index in [1.54, 1.807) is 0 Å². The van der Waals surface area contributed by atoms with Gasteiger partial charge in [-0.25, -0.2) is 0 Å². The second-order valence-corrected chi connectivity index (χ2v) is 3.74. The highest BCUT2D eigenvalue weighted by Gasteiger charge is 2.29. The van der Waals surface area contributed by atoms with Gasteiger partial charge in [0.05, 0.1) is 0 Å². The molecule has 1 aliphatic rings. The lowest BCUT2D eigenvalue weighted by Gasteiger charge is -2.32. The molecule has 1 fully saturated rings. The molecule has 0 amide bonds. The van der Waals surface area contributed by atoms with Crippen molar-refractivity contribution in [1.29, 1.82) is 0 Å². The van der Waals surface area contributed by atoms with Gasteiger partial charge >= 0.3 is 0 Å². The number of rotatable bonds is 1. The van der Waals surface area contributed by atoms with Crippen molar-refractivity contribution in [2.24, 2.45) is 11.7 Å². The first-order valence-electron chi connectivity index (χ1n) is 4.35. The predicted octanol–water partition coefficient (Wildman–Crippen LogP) is -0.467. The lowest BCUT2D eigenvalue weighted by Crippen LogP contribution is -2.56. The zero-order chi connectivity index (χ0) is 8.32. The first kappa shape index (κ1) is 8.97. The van der Waals surface area contributed by atoms with Gasteiger partial charge in [-0.05, 0) is 5.92 Å².